The van der Waals surface area contributed by atoms with E-state index in [4.69, 9.17) is 4.74 Å². The molecule has 7 heteroatoms. The quantitative estimate of drug-likeness (QED) is 0.571. The molecule has 2 heterocycles. The van der Waals surface area contributed by atoms with Gasteiger partial charge in [0, 0.05) is 24.1 Å². The lowest BCUT2D eigenvalue weighted by molar-refractivity contribution is -0.131. The van der Waals surface area contributed by atoms with Crippen LogP contribution in [0.3, 0.4) is 0 Å². The summed E-state index contributed by atoms with van der Waals surface area (Å²) in [4.78, 5) is 40.5. The topological polar surface area (TPSA) is 80.6 Å². The second kappa shape index (κ2) is 7.96. The number of aromatic nitrogens is 1. The molecule has 1 saturated heterocycles. The van der Waals surface area contributed by atoms with E-state index in [-0.39, 0.29) is 24.3 Å². The number of hydrogen-bond donors (Lipinski definition) is 1. The minimum Gasteiger partial charge on any atom is -0.383 e. The third-order valence-corrected chi connectivity index (χ3v) is 6.59. The van der Waals surface area contributed by atoms with Crippen LogP contribution in [-0.4, -0.2) is 47.4 Å². The van der Waals surface area contributed by atoms with Crippen molar-refractivity contribution >= 4 is 17.7 Å². The summed E-state index contributed by atoms with van der Waals surface area (Å²) in [6.07, 6.45) is 2.23. The highest BCUT2D eigenvalue weighted by Crippen LogP contribution is 2.40. The number of carbonyl (C=O) groups excluding carboxylic acids is 3. The number of Topliss-reactive ketones (excluding diaryl/α,β-unsaturated/α-hetero) is 1. The number of carbonyl (C=O) groups is 3. The van der Waals surface area contributed by atoms with Gasteiger partial charge >= 0.3 is 6.03 Å². The molecule has 1 N–H and O–H groups in total. The van der Waals surface area contributed by atoms with Gasteiger partial charge in [-0.3, -0.25) is 14.5 Å². The Labute approximate surface area is 182 Å². The molecule has 1 aromatic carbocycles. The Morgan fingerprint density at radius 3 is 2.74 bits per heavy atom. The maximum Gasteiger partial charge on any atom is 0.325 e. The number of benzene rings is 1. The standard InChI is InChI=1S/C24H29N3O4/c1-15-12-19(17(3)27(15)16(2)14-31-4)21(28)13-26-22(29)24(25-23(26)30)11-7-9-18-8-5-6-10-20(18)24/h5-6,8,10,12,16H,7,9,11,13-14H2,1-4H3,(H,25,30). The van der Waals surface area contributed by atoms with Crippen LogP contribution in [-0.2, 0) is 21.5 Å². The predicted octanol–water partition coefficient (Wildman–Crippen LogP) is 3.28. The SMILES string of the molecule is COCC(C)n1c(C)cc(C(=O)CN2C(=O)NC3(CCCc4ccccc43)C2=O)c1C. The number of imide groups is 1. The lowest BCUT2D eigenvalue weighted by Gasteiger charge is -2.33. The smallest absolute Gasteiger partial charge is 0.325 e. The van der Waals surface area contributed by atoms with E-state index >= 15 is 0 Å². The first-order valence-electron chi connectivity index (χ1n) is 10.7. The van der Waals surface area contributed by atoms with Crippen LogP contribution in [0.15, 0.2) is 30.3 Å². The summed E-state index contributed by atoms with van der Waals surface area (Å²) in [5.41, 5.74) is 3.16. The summed E-state index contributed by atoms with van der Waals surface area (Å²) in [5.74, 6) is -0.576. The summed E-state index contributed by atoms with van der Waals surface area (Å²) in [6, 6.07) is 9.13. The first-order chi connectivity index (χ1) is 14.8. The molecule has 1 aliphatic carbocycles. The van der Waals surface area contributed by atoms with E-state index in [2.05, 4.69) is 9.88 Å². The Hall–Kier alpha value is -2.93. The zero-order valence-electron chi connectivity index (χ0n) is 18.5. The average Bonchev–Trinajstić information content (AvgIpc) is 3.16. The molecule has 164 valence electrons. The van der Waals surface area contributed by atoms with Gasteiger partial charge in [0.1, 0.15) is 5.54 Å². The van der Waals surface area contributed by atoms with E-state index in [9.17, 15) is 14.4 Å². The number of fused-ring (bicyclic) bond motifs is 2. The normalized spacial score (nSPS) is 21.4. The highest BCUT2D eigenvalue weighted by molar-refractivity contribution is 6.11. The van der Waals surface area contributed by atoms with Gasteiger partial charge in [0.2, 0.25) is 0 Å². The Kier molecular flexibility index (Phi) is 5.47. The number of methoxy groups -OCH3 is 1. The Bertz CT molecular complexity index is 1060. The third kappa shape index (κ3) is 3.37. The molecule has 2 aliphatic rings. The molecule has 2 atom stereocenters. The van der Waals surface area contributed by atoms with Crippen molar-refractivity contribution < 1.29 is 19.1 Å². The molecule has 2 aromatic rings. The number of nitrogens with zero attached hydrogens (tertiary/aromatic N) is 2. The van der Waals surface area contributed by atoms with E-state index in [1.54, 1.807) is 7.11 Å². The summed E-state index contributed by atoms with van der Waals surface area (Å²) in [7, 11) is 1.65. The molecular formula is C24H29N3O4. The maximum absolute atomic E-state index is 13.4. The van der Waals surface area contributed by atoms with Gasteiger partial charge in [-0.15, -0.1) is 0 Å². The molecule has 0 saturated carbocycles. The van der Waals surface area contributed by atoms with Gasteiger partial charge in [-0.25, -0.2) is 4.79 Å². The van der Waals surface area contributed by atoms with Crippen molar-refractivity contribution in [2.45, 2.75) is 51.6 Å². The zero-order valence-corrected chi connectivity index (χ0v) is 18.5. The molecule has 4 rings (SSSR count). The van der Waals surface area contributed by atoms with Crippen LogP contribution in [0.25, 0.3) is 0 Å². The molecule has 1 aromatic heterocycles. The minimum absolute atomic E-state index is 0.0743. The van der Waals surface area contributed by atoms with Crippen LogP contribution >= 0.6 is 0 Å². The fourth-order valence-corrected chi connectivity index (χ4v) is 5.24. The molecule has 1 fully saturated rings. The van der Waals surface area contributed by atoms with E-state index < -0.39 is 11.6 Å². The number of ketones is 1. The van der Waals surface area contributed by atoms with Crippen molar-refractivity contribution in [1.29, 1.82) is 0 Å². The van der Waals surface area contributed by atoms with Crippen LogP contribution in [0.5, 0.6) is 0 Å². The molecule has 31 heavy (non-hydrogen) atoms. The van der Waals surface area contributed by atoms with Crippen molar-refractivity contribution in [3.8, 4) is 0 Å². The Morgan fingerprint density at radius 2 is 2.00 bits per heavy atom. The monoisotopic (exact) mass is 423 g/mol. The fourth-order valence-electron chi connectivity index (χ4n) is 5.24. The number of ether oxygens (including phenoxy) is 1. The summed E-state index contributed by atoms with van der Waals surface area (Å²) in [5, 5.41) is 2.91. The molecule has 1 aliphatic heterocycles. The number of nitrogens with one attached hydrogen (secondary N) is 1. The molecule has 1 spiro atoms. The van der Waals surface area contributed by atoms with Gasteiger partial charge in [-0.05, 0) is 57.2 Å². The Morgan fingerprint density at radius 1 is 1.26 bits per heavy atom. The lowest BCUT2D eigenvalue weighted by Crippen LogP contribution is -2.46. The first kappa shape index (κ1) is 21.3. The van der Waals surface area contributed by atoms with Gasteiger partial charge < -0.3 is 14.6 Å². The maximum atomic E-state index is 13.4. The van der Waals surface area contributed by atoms with Gasteiger partial charge in [0.15, 0.2) is 5.78 Å². The number of hydrogen-bond acceptors (Lipinski definition) is 4. The van der Waals surface area contributed by atoms with Crippen molar-refractivity contribution in [1.82, 2.24) is 14.8 Å². The highest BCUT2D eigenvalue weighted by atomic mass is 16.5. The van der Waals surface area contributed by atoms with E-state index in [0.717, 1.165) is 40.3 Å². The first-order valence-corrected chi connectivity index (χ1v) is 10.7. The summed E-state index contributed by atoms with van der Waals surface area (Å²) < 4.78 is 7.31. The van der Waals surface area contributed by atoms with Crippen LogP contribution in [0.4, 0.5) is 4.79 Å². The van der Waals surface area contributed by atoms with Crippen molar-refractivity contribution in [2.75, 3.05) is 20.3 Å². The van der Waals surface area contributed by atoms with Crippen molar-refractivity contribution in [3.63, 3.8) is 0 Å². The molecule has 2 unspecified atom stereocenters. The predicted molar refractivity (Wildman–Crippen MR) is 116 cm³/mol. The number of aryl methyl sites for hydroxylation is 2. The molecule has 0 radical (unpaired) electrons. The van der Waals surface area contributed by atoms with Crippen LogP contribution in [0.2, 0.25) is 0 Å². The minimum atomic E-state index is -1.06. The van der Waals surface area contributed by atoms with Crippen LogP contribution < -0.4 is 5.32 Å². The van der Waals surface area contributed by atoms with Crippen molar-refractivity contribution in [3.05, 3.63) is 58.4 Å². The molecule has 7 nitrogen and oxygen atoms in total. The van der Waals surface area contributed by atoms with Crippen LogP contribution in [0.1, 0.15) is 58.7 Å². The average molecular weight is 424 g/mol. The highest BCUT2D eigenvalue weighted by Gasteiger charge is 2.54. The number of amides is 3. The Balaban J connectivity index is 1.60. The third-order valence-electron chi connectivity index (χ3n) is 6.59. The van der Waals surface area contributed by atoms with Gasteiger partial charge in [0.05, 0.1) is 19.2 Å². The molecule has 3 amide bonds. The number of urea groups is 1. The van der Waals surface area contributed by atoms with E-state index in [0.29, 0.717) is 18.6 Å². The van der Waals surface area contributed by atoms with E-state index in [1.807, 2.05) is 51.1 Å². The van der Waals surface area contributed by atoms with Gasteiger partial charge in [0.25, 0.3) is 5.91 Å². The molecule has 0 bridgehead atoms. The number of rotatable bonds is 6. The second-order valence-corrected chi connectivity index (χ2v) is 8.62. The largest absolute Gasteiger partial charge is 0.383 e. The van der Waals surface area contributed by atoms with Crippen molar-refractivity contribution in [2.24, 2.45) is 0 Å². The van der Waals surface area contributed by atoms with E-state index in [1.165, 1.54) is 0 Å². The summed E-state index contributed by atoms with van der Waals surface area (Å²) in [6.45, 7) is 6.12. The summed E-state index contributed by atoms with van der Waals surface area (Å²) >= 11 is 0. The van der Waals surface area contributed by atoms with Gasteiger partial charge in [-0.2, -0.15) is 0 Å². The van der Waals surface area contributed by atoms with Gasteiger partial charge in [-0.1, -0.05) is 24.3 Å². The molecular weight excluding hydrogens is 394 g/mol. The zero-order chi connectivity index (χ0) is 22.3. The lowest BCUT2D eigenvalue weighted by atomic mass is 9.76. The fraction of sp³-hybridized carbons (Fsp3) is 0.458. The second-order valence-electron chi connectivity index (χ2n) is 8.62. The van der Waals surface area contributed by atoms with Crippen LogP contribution in [0, 0.1) is 13.8 Å².